The van der Waals surface area contributed by atoms with Crippen molar-refractivity contribution in [1.82, 2.24) is 5.32 Å². The molecule has 0 saturated heterocycles. The highest BCUT2D eigenvalue weighted by molar-refractivity contribution is 5.79. The molecule has 3 saturated carbocycles. The summed E-state index contributed by atoms with van der Waals surface area (Å²) < 4.78 is 0. The summed E-state index contributed by atoms with van der Waals surface area (Å²) in [5, 5.41) is 33.4. The van der Waals surface area contributed by atoms with Gasteiger partial charge in [0.1, 0.15) is 0 Å². The molecule has 0 aromatic carbocycles. The Kier molecular flexibility index (Phi) is 7.43. The zero-order valence-electron chi connectivity index (χ0n) is 20.5. The van der Waals surface area contributed by atoms with Crippen molar-refractivity contribution < 1.29 is 20.1 Å². The zero-order chi connectivity index (χ0) is 23.8. The van der Waals surface area contributed by atoms with Crippen molar-refractivity contribution >= 4 is 5.91 Å². The van der Waals surface area contributed by atoms with Gasteiger partial charge in [-0.3, -0.25) is 4.79 Å². The van der Waals surface area contributed by atoms with Crippen LogP contribution in [0.5, 0.6) is 0 Å². The lowest BCUT2D eigenvalue weighted by atomic mass is 9.61. The summed E-state index contributed by atoms with van der Waals surface area (Å²) in [6.45, 7) is 13.7. The molecule has 3 rings (SSSR count). The lowest BCUT2D eigenvalue weighted by Gasteiger charge is -2.44. The first-order valence-corrected chi connectivity index (χ1v) is 12.3. The van der Waals surface area contributed by atoms with E-state index in [4.69, 9.17) is 0 Å². The first kappa shape index (κ1) is 25.2. The maximum Gasteiger partial charge on any atom is 0.223 e. The number of rotatable bonds is 5. The summed E-state index contributed by atoms with van der Waals surface area (Å²) in [5.41, 5.74) is 2.23. The third-order valence-electron chi connectivity index (χ3n) is 8.74. The fraction of sp³-hybridized carbons (Fsp3) is 0.741. The average molecular weight is 446 g/mol. The van der Waals surface area contributed by atoms with Crippen molar-refractivity contribution in [1.29, 1.82) is 0 Å². The Labute approximate surface area is 193 Å². The summed E-state index contributed by atoms with van der Waals surface area (Å²) in [4.78, 5) is 13.0. The van der Waals surface area contributed by atoms with Gasteiger partial charge >= 0.3 is 0 Å². The summed E-state index contributed by atoms with van der Waals surface area (Å²) in [5.74, 6) is 0.694. The fourth-order valence-corrected chi connectivity index (χ4v) is 6.27. The predicted molar refractivity (Wildman–Crippen MR) is 128 cm³/mol. The van der Waals surface area contributed by atoms with Crippen molar-refractivity contribution in [2.75, 3.05) is 0 Å². The number of carbonyl (C=O) groups excluding carboxylic acids is 1. The predicted octanol–water partition coefficient (Wildman–Crippen LogP) is 4.04. The smallest absolute Gasteiger partial charge is 0.223 e. The molecule has 1 amide bonds. The molecule has 32 heavy (non-hydrogen) atoms. The number of aliphatic hydroxyl groups excluding tert-OH is 2. The van der Waals surface area contributed by atoms with Crippen LogP contribution in [0.3, 0.4) is 0 Å². The molecule has 7 atom stereocenters. The van der Waals surface area contributed by atoms with E-state index >= 15 is 0 Å². The molecule has 0 spiro atoms. The van der Waals surface area contributed by atoms with Gasteiger partial charge in [0.15, 0.2) is 0 Å². The highest BCUT2D eigenvalue weighted by atomic mass is 16.3. The minimum Gasteiger partial charge on any atom is -0.393 e. The number of fused-ring (bicyclic) bond motifs is 1. The van der Waals surface area contributed by atoms with Gasteiger partial charge in [-0.15, -0.1) is 0 Å². The maximum absolute atomic E-state index is 13.0. The number of allylic oxidation sites excluding steroid dienone is 3. The molecular weight excluding hydrogens is 402 g/mol. The molecule has 3 aliphatic carbocycles. The second-order valence-corrected chi connectivity index (χ2v) is 11.3. The van der Waals surface area contributed by atoms with Crippen LogP contribution < -0.4 is 5.32 Å². The minimum atomic E-state index is -0.948. The fourth-order valence-electron chi connectivity index (χ4n) is 6.27. The lowest BCUT2D eigenvalue weighted by molar-refractivity contribution is -0.130. The SMILES string of the molecule is C=C1/C(=C\C=C2\CCC[C@]3(C)[C@@H]([C@H](C)C(=O)N[C@H](C)C(C)(C)O)CC[C@@H]23)C[C@@H](O)C[C@@H]1O. The van der Waals surface area contributed by atoms with Crippen molar-refractivity contribution in [2.24, 2.45) is 23.2 Å². The van der Waals surface area contributed by atoms with E-state index in [1.807, 2.05) is 13.8 Å². The van der Waals surface area contributed by atoms with Crippen LogP contribution in [-0.4, -0.2) is 45.1 Å². The summed E-state index contributed by atoms with van der Waals surface area (Å²) in [6, 6.07) is -0.301. The summed E-state index contributed by atoms with van der Waals surface area (Å²) >= 11 is 0. The van der Waals surface area contributed by atoms with Gasteiger partial charge in [0.05, 0.1) is 23.9 Å². The molecule has 5 nitrogen and oxygen atoms in total. The highest BCUT2D eigenvalue weighted by Crippen LogP contribution is 2.59. The molecule has 3 aliphatic rings. The van der Waals surface area contributed by atoms with Crippen molar-refractivity contribution in [2.45, 2.75) is 103 Å². The lowest BCUT2D eigenvalue weighted by Crippen LogP contribution is -2.50. The van der Waals surface area contributed by atoms with E-state index in [1.54, 1.807) is 13.8 Å². The van der Waals surface area contributed by atoms with Crippen molar-refractivity contribution in [3.8, 4) is 0 Å². The monoisotopic (exact) mass is 445 g/mol. The van der Waals surface area contributed by atoms with E-state index in [1.165, 1.54) is 5.57 Å². The van der Waals surface area contributed by atoms with E-state index in [0.29, 0.717) is 24.7 Å². The van der Waals surface area contributed by atoms with E-state index in [-0.39, 0.29) is 23.3 Å². The van der Waals surface area contributed by atoms with Crippen LogP contribution in [0, 0.1) is 23.2 Å². The van der Waals surface area contributed by atoms with Gasteiger partial charge in [-0.1, -0.05) is 38.2 Å². The van der Waals surface area contributed by atoms with Gasteiger partial charge < -0.3 is 20.6 Å². The zero-order valence-corrected chi connectivity index (χ0v) is 20.5. The molecule has 0 bridgehead atoms. The molecule has 0 heterocycles. The quantitative estimate of drug-likeness (QED) is 0.514. The van der Waals surface area contributed by atoms with Crippen LogP contribution in [0.1, 0.15) is 79.6 Å². The molecular formula is C27H43NO4. The maximum atomic E-state index is 13.0. The molecule has 0 aromatic rings. The third-order valence-corrected chi connectivity index (χ3v) is 8.74. The van der Waals surface area contributed by atoms with Crippen LogP contribution >= 0.6 is 0 Å². The Morgan fingerprint density at radius 3 is 2.59 bits per heavy atom. The molecule has 4 N–H and O–H groups in total. The first-order valence-electron chi connectivity index (χ1n) is 12.3. The second-order valence-electron chi connectivity index (χ2n) is 11.3. The van der Waals surface area contributed by atoms with E-state index in [9.17, 15) is 20.1 Å². The van der Waals surface area contributed by atoms with Crippen LogP contribution in [0.2, 0.25) is 0 Å². The molecule has 0 radical (unpaired) electrons. The Hall–Kier alpha value is -1.43. The van der Waals surface area contributed by atoms with Gasteiger partial charge in [0.2, 0.25) is 5.91 Å². The molecule has 3 fully saturated rings. The van der Waals surface area contributed by atoms with Gasteiger partial charge in [0, 0.05) is 12.3 Å². The van der Waals surface area contributed by atoms with Crippen LogP contribution in [0.15, 0.2) is 35.5 Å². The Morgan fingerprint density at radius 1 is 1.25 bits per heavy atom. The first-order chi connectivity index (χ1) is 14.8. The Morgan fingerprint density at radius 2 is 1.94 bits per heavy atom. The van der Waals surface area contributed by atoms with Crippen LogP contribution in [-0.2, 0) is 4.79 Å². The third kappa shape index (κ3) is 5.05. The van der Waals surface area contributed by atoms with Crippen LogP contribution in [0.4, 0.5) is 0 Å². The van der Waals surface area contributed by atoms with E-state index < -0.39 is 17.8 Å². The molecule has 0 aliphatic heterocycles. The largest absolute Gasteiger partial charge is 0.393 e. The van der Waals surface area contributed by atoms with Gasteiger partial charge in [-0.05, 0) is 87.7 Å². The summed E-state index contributed by atoms with van der Waals surface area (Å²) in [6.07, 6.45) is 9.40. The van der Waals surface area contributed by atoms with E-state index in [0.717, 1.165) is 43.3 Å². The highest BCUT2D eigenvalue weighted by Gasteiger charge is 2.52. The number of carbonyl (C=O) groups is 1. The van der Waals surface area contributed by atoms with Gasteiger partial charge in [0.25, 0.3) is 0 Å². The number of aliphatic hydroxyl groups is 3. The normalized spacial score (nSPS) is 37.9. The molecule has 180 valence electrons. The minimum absolute atomic E-state index is 0.0335. The number of hydrogen-bond donors (Lipinski definition) is 4. The van der Waals surface area contributed by atoms with Crippen molar-refractivity contribution in [3.05, 3.63) is 35.5 Å². The van der Waals surface area contributed by atoms with E-state index in [2.05, 4.69) is 31.0 Å². The average Bonchev–Trinajstić information content (AvgIpc) is 3.05. The van der Waals surface area contributed by atoms with Crippen molar-refractivity contribution in [3.63, 3.8) is 0 Å². The summed E-state index contributed by atoms with van der Waals surface area (Å²) in [7, 11) is 0. The Balaban J connectivity index is 1.76. The van der Waals surface area contributed by atoms with Gasteiger partial charge in [-0.2, -0.15) is 0 Å². The van der Waals surface area contributed by atoms with Crippen LogP contribution in [0.25, 0.3) is 0 Å². The molecule has 0 aromatic heterocycles. The Bertz CT molecular complexity index is 792. The molecule has 0 unspecified atom stereocenters. The number of hydrogen-bond acceptors (Lipinski definition) is 4. The second kappa shape index (κ2) is 9.44. The number of nitrogens with one attached hydrogen (secondary N) is 1. The molecule has 5 heteroatoms. The van der Waals surface area contributed by atoms with Gasteiger partial charge in [-0.25, -0.2) is 0 Å². The standard InChI is InChI=1S/C27H43NO4/c1-16-20(14-21(29)15-24(16)30)10-9-19-8-7-13-27(6)22(11-12-23(19)27)17(2)25(31)28-18(3)26(4,5)32/h9-10,17-18,21-24,29-30,32H,1,7-8,11-15H2,2-6H3,(H,28,31)/b19-9-,20-10-/t17-,18+,21+,22+,23-,24-,27+/m0/s1. The number of amides is 1. The topological polar surface area (TPSA) is 89.8 Å².